The van der Waals surface area contributed by atoms with Crippen LogP contribution >= 0.6 is 0 Å². The lowest BCUT2D eigenvalue weighted by atomic mass is 9.99. The van der Waals surface area contributed by atoms with Crippen molar-refractivity contribution in [3.8, 4) is 11.1 Å². The van der Waals surface area contributed by atoms with E-state index in [1.165, 1.54) is 0 Å². The van der Waals surface area contributed by atoms with Crippen LogP contribution in [0.1, 0.15) is 28.9 Å². The molecule has 1 aromatic carbocycles. The Morgan fingerprint density at radius 2 is 1.89 bits per heavy atom. The number of carbonyl (C=O) groups excluding carboxylic acids is 2. The molecule has 0 bridgehead atoms. The summed E-state index contributed by atoms with van der Waals surface area (Å²) in [6.07, 6.45) is 5.46. The molecule has 2 fully saturated rings. The fourth-order valence-electron chi connectivity index (χ4n) is 4.57. The van der Waals surface area contributed by atoms with Crippen LogP contribution in [-0.4, -0.2) is 78.1 Å². The standard InChI is InChI=1S/C25H30N6O4/c32-24(28-25(33)27-14-17-4-9-34-10-5-17)23-20-13-18(1-2-22(20)29-30-23)21-15-26-6-3-19(21)16-31-7-11-35-12-8-31/h1-3,6,13,15,17H,4-5,7-12,14,16H2,(H,29,30)(H2,27,28,32,33). The Balaban J connectivity index is 1.31. The van der Waals surface area contributed by atoms with Gasteiger partial charge in [0, 0.05) is 62.7 Å². The number of rotatable bonds is 6. The second-order valence-corrected chi connectivity index (χ2v) is 8.97. The van der Waals surface area contributed by atoms with Crippen molar-refractivity contribution in [1.29, 1.82) is 0 Å². The van der Waals surface area contributed by atoms with Crippen molar-refractivity contribution >= 4 is 22.8 Å². The Kier molecular flexibility index (Phi) is 7.31. The van der Waals surface area contributed by atoms with E-state index in [1.54, 1.807) is 6.20 Å². The summed E-state index contributed by atoms with van der Waals surface area (Å²) in [6, 6.07) is 7.32. The molecule has 0 radical (unpaired) electrons. The molecule has 2 saturated heterocycles. The molecule has 0 atom stereocenters. The first-order chi connectivity index (χ1) is 17.2. The average molecular weight is 479 g/mol. The second kappa shape index (κ2) is 10.9. The first kappa shape index (κ1) is 23.4. The molecule has 3 amide bonds. The number of urea groups is 1. The first-order valence-corrected chi connectivity index (χ1v) is 12.1. The number of hydrogen-bond acceptors (Lipinski definition) is 7. The smallest absolute Gasteiger partial charge is 0.321 e. The van der Waals surface area contributed by atoms with Crippen molar-refractivity contribution in [3.63, 3.8) is 0 Å². The number of aromatic amines is 1. The van der Waals surface area contributed by atoms with Crippen LogP contribution < -0.4 is 10.6 Å². The molecule has 3 aromatic rings. The molecule has 0 spiro atoms. The molecule has 2 aliphatic heterocycles. The van der Waals surface area contributed by atoms with Crippen molar-refractivity contribution in [1.82, 2.24) is 30.7 Å². The number of nitrogens with one attached hydrogen (secondary N) is 3. The van der Waals surface area contributed by atoms with E-state index >= 15 is 0 Å². The van der Waals surface area contributed by atoms with Gasteiger partial charge in [-0.15, -0.1) is 0 Å². The lowest BCUT2D eigenvalue weighted by molar-refractivity contribution is 0.0342. The van der Waals surface area contributed by atoms with Crippen molar-refractivity contribution in [2.24, 2.45) is 5.92 Å². The van der Waals surface area contributed by atoms with Gasteiger partial charge in [0.1, 0.15) is 0 Å². The van der Waals surface area contributed by atoms with Crippen LogP contribution in [-0.2, 0) is 16.0 Å². The van der Waals surface area contributed by atoms with Crippen molar-refractivity contribution in [3.05, 3.63) is 47.9 Å². The van der Waals surface area contributed by atoms with Gasteiger partial charge in [0.25, 0.3) is 5.91 Å². The summed E-state index contributed by atoms with van der Waals surface area (Å²) in [5, 5.41) is 12.9. The van der Waals surface area contributed by atoms with Gasteiger partial charge in [-0.2, -0.15) is 5.10 Å². The topological polar surface area (TPSA) is 121 Å². The third kappa shape index (κ3) is 5.67. The molecule has 0 aliphatic carbocycles. The monoisotopic (exact) mass is 478 g/mol. The maximum absolute atomic E-state index is 12.9. The Labute approximate surface area is 203 Å². The van der Waals surface area contributed by atoms with Crippen LogP contribution in [0.5, 0.6) is 0 Å². The maximum Gasteiger partial charge on any atom is 0.321 e. The SMILES string of the molecule is O=C(NCC1CCOCC1)NC(=O)c1n[nH]c2ccc(-c3cnccc3CN3CCOCC3)cc12. The van der Waals surface area contributed by atoms with Gasteiger partial charge in [-0.05, 0) is 48.1 Å². The van der Waals surface area contributed by atoms with Gasteiger partial charge in [-0.25, -0.2) is 4.79 Å². The molecule has 0 saturated carbocycles. The van der Waals surface area contributed by atoms with E-state index in [0.717, 1.165) is 67.9 Å². The van der Waals surface area contributed by atoms with Gasteiger partial charge in [0.05, 0.1) is 18.7 Å². The van der Waals surface area contributed by atoms with Crippen LogP contribution in [0, 0.1) is 5.92 Å². The molecule has 2 aromatic heterocycles. The molecule has 2 aliphatic rings. The number of fused-ring (bicyclic) bond motifs is 1. The van der Waals surface area contributed by atoms with Gasteiger partial charge in [-0.1, -0.05) is 6.07 Å². The summed E-state index contributed by atoms with van der Waals surface area (Å²) in [5.74, 6) is -0.179. The zero-order valence-corrected chi connectivity index (χ0v) is 19.6. The number of H-pyrrole nitrogens is 1. The van der Waals surface area contributed by atoms with Crippen LogP contribution in [0.2, 0.25) is 0 Å². The number of ether oxygens (including phenoxy) is 2. The third-order valence-electron chi connectivity index (χ3n) is 6.62. The average Bonchev–Trinajstić information content (AvgIpc) is 3.33. The first-order valence-electron chi connectivity index (χ1n) is 12.1. The number of hydrogen-bond donors (Lipinski definition) is 3. The maximum atomic E-state index is 12.9. The molecular weight excluding hydrogens is 448 g/mol. The van der Waals surface area contributed by atoms with Gasteiger partial charge in [0.15, 0.2) is 5.69 Å². The fraction of sp³-hybridized carbons (Fsp3) is 0.440. The van der Waals surface area contributed by atoms with E-state index in [-0.39, 0.29) is 5.69 Å². The predicted molar refractivity (Wildman–Crippen MR) is 130 cm³/mol. The van der Waals surface area contributed by atoms with Crippen molar-refractivity contribution < 1.29 is 19.1 Å². The predicted octanol–water partition coefficient (Wildman–Crippen LogP) is 2.32. The zero-order valence-electron chi connectivity index (χ0n) is 19.6. The number of aromatic nitrogens is 3. The number of amides is 3. The summed E-state index contributed by atoms with van der Waals surface area (Å²) >= 11 is 0. The van der Waals surface area contributed by atoms with Gasteiger partial charge in [0.2, 0.25) is 0 Å². The molecule has 3 N–H and O–H groups in total. The Bertz CT molecular complexity index is 1180. The number of nitrogens with zero attached hydrogens (tertiary/aromatic N) is 3. The van der Waals surface area contributed by atoms with E-state index in [4.69, 9.17) is 9.47 Å². The summed E-state index contributed by atoms with van der Waals surface area (Å²) < 4.78 is 10.8. The molecular formula is C25H30N6O4. The number of imide groups is 1. The minimum Gasteiger partial charge on any atom is -0.381 e. The minimum absolute atomic E-state index is 0.182. The van der Waals surface area contributed by atoms with Gasteiger partial charge < -0.3 is 14.8 Å². The molecule has 10 nitrogen and oxygen atoms in total. The Morgan fingerprint density at radius 3 is 2.71 bits per heavy atom. The van der Waals surface area contributed by atoms with E-state index < -0.39 is 11.9 Å². The van der Waals surface area contributed by atoms with Gasteiger partial charge in [-0.3, -0.25) is 25.1 Å². The highest BCUT2D eigenvalue weighted by molar-refractivity contribution is 6.10. The highest BCUT2D eigenvalue weighted by Gasteiger charge is 2.20. The van der Waals surface area contributed by atoms with Crippen LogP contribution in [0.25, 0.3) is 22.0 Å². The fourth-order valence-corrected chi connectivity index (χ4v) is 4.57. The van der Waals surface area contributed by atoms with Crippen LogP contribution in [0.3, 0.4) is 0 Å². The summed E-state index contributed by atoms with van der Waals surface area (Å²) in [7, 11) is 0. The zero-order chi connectivity index (χ0) is 24.0. The number of morpholine rings is 1. The molecule has 5 rings (SSSR count). The lowest BCUT2D eigenvalue weighted by Gasteiger charge is -2.27. The molecule has 0 unspecified atom stereocenters. The number of pyridine rings is 1. The van der Waals surface area contributed by atoms with E-state index in [2.05, 4.69) is 30.7 Å². The molecule has 184 valence electrons. The second-order valence-electron chi connectivity index (χ2n) is 8.97. The summed E-state index contributed by atoms with van der Waals surface area (Å²) in [4.78, 5) is 31.9. The van der Waals surface area contributed by atoms with Gasteiger partial charge >= 0.3 is 6.03 Å². The van der Waals surface area contributed by atoms with E-state index in [1.807, 2.05) is 30.5 Å². The highest BCUT2D eigenvalue weighted by atomic mass is 16.5. The molecule has 10 heteroatoms. The quantitative estimate of drug-likeness (QED) is 0.497. The van der Waals surface area contributed by atoms with Crippen LogP contribution in [0.4, 0.5) is 4.79 Å². The lowest BCUT2D eigenvalue weighted by Crippen LogP contribution is -2.42. The molecule has 4 heterocycles. The Hall–Kier alpha value is -3.34. The Morgan fingerprint density at radius 1 is 1.09 bits per heavy atom. The normalized spacial score (nSPS) is 17.4. The number of carbonyl (C=O) groups is 2. The van der Waals surface area contributed by atoms with Crippen LogP contribution in [0.15, 0.2) is 36.7 Å². The summed E-state index contributed by atoms with van der Waals surface area (Å²) in [5.41, 5.74) is 4.00. The van der Waals surface area contributed by atoms with Crippen molar-refractivity contribution in [2.45, 2.75) is 19.4 Å². The third-order valence-corrected chi connectivity index (χ3v) is 6.62. The highest BCUT2D eigenvalue weighted by Crippen LogP contribution is 2.28. The largest absolute Gasteiger partial charge is 0.381 e. The van der Waals surface area contributed by atoms with E-state index in [0.29, 0.717) is 31.1 Å². The molecule has 35 heavy (non-hydrogen) atoms. The van der Waals surface area contributed by atoms with E-state index in [9.17, 15) is 9.59 Å². The number of benzene rings is 1. The van der Waals surface area contributed by atoms with Crippen molar-refractivity contribution in [2.75, 3.05) is 46.1 Å². The summed E-state index contributed by atoms with van der Waals surface area (Å²) in [6.45, 7) is 5.99. The minimum atomic E-state index is -0.544.